The molecule has 1 aromatic carbocycles. The Balaban J connectivity index is 1.73. The lowest BCUT2D eigenvalue weighted by molar-refractivity contribution is -0.118. The first-order valence-corrected chi connectivity index (χ1v) is 10.1. The van der Waals surface area contributed by atoms with Crippen LogP contribution < -0.4 is 0 Å². The van der Waals surface area contributed by atoms with Gasteiger partial charge in [0.05, 0.1) is 11.9 Å². The predicted molar refractivity (Wildman–Crippen MR) is 118 cm³/mol. The fraction of sp³-hybridized carbons (Fsp3) is 0.320. The lowest BCUT2D eigenvalue weighted by atomic mass is 9.82. The van der Waals surface area contributed by atoms with E-state index in [9.17, 15) is 4.79 Å². The van der Waals surface area contributed by atoms with Crippen LogP contribution in [-0.2, 0) is 29.6 Å². The molecule has 0 aliphatic heterocycles. The van der Waals surface area contributed by atoms with Gasteiger partial charge in [0, 0.05) is 43.8 Å². The van der Waals surface area contributed by atoms with E-state index in [2.05, 4.69) is 54.0 Å². The summed E-state index contributed by atoms with van der Waals surface area (Å²) >= 11 is 0. The van der Waals surface area contributed by atoms with E-state index >= 15 is 0 Å². The maximum atomic E-state index is 12.7. The van der Waals surface area contributed by atoms with E-state index in [0.717, 1.165) is 22.6 Å². The number of hydrogen-bond donors (Lipinski definition) is 0. The summed E-state index contributed by atoms with van der Waals surface area (Å²) in [6.45, 7) is 11.1. The van der Waals surface area contributed by atoms with Crippen molar-refractivity contribution in [3.05, 3.63) is 84.6 Å². The number of nitrogens with zero attached hydrogens (tertiary/aromatic N) is 3. The standard InChI is InChI=1S/C25H29N3O/c1-5-15-28-23(20-10-8-14-26-17-20)18-27-24(28)13-12-21(29)16-19-9-6-7-11-22(19)25(2,3)4/h5-11,14,17-18H,1,12-13,15-16H2,2-4H3. The molecule has 2 aromatic heterocycles. The molecule has 0 saturated heterocycles. The number of Topliss-reactive ketones (excluding diaryl/α,β-unsaturated/α-hetero) is 1. The number of carbonyl (C=O) groups excluding carboxylic acids is 1. The van der Waals surface area contributed by atoms with Crippen LogP contribution in [0, 0.1) is 0 Å². The van der Waals surface area contributed by atoms with Gasteiger partial charge in [0.25, 0.3) is 0 Å². The highest BCUT2D eigenvalue weighted by atomic mass is 16.1. The van der Waals surface area contributed by atoms with Crippen molar-refractivity contribution in [3.63, 3.8) is 0 Å². The number of carbonyl (C=O) groups is 1. The maximum Gasteiger partial charge on any atom is 0.137 e. The van der Waals surface area contributed by atoms with Gasteiger partial charge in [-0.05, 0) is 28.7 Å². The van der Waals surface area contributed by atoms with Crippen LogP contribution in [0.2, 0.25) is 0 Å². The van der Waals surface area contributed by atoms with Gasteiger partial charge in [0.15, 0.2) is 0 Å². The minimum atomic E-state index is 0.0235. The number of rotatable bonds is 8. The summed E-state index contributed by atoms with van der Waals surface area (Å²) in [5.41, 5.74) is 4.39. The van der Waals surface area contributed by atoms with E-state index < -0.39 is 0 Å². The van der Waals surface area contributed by atoms with Crippen LogP contribution in [0.4, 0.5) is 0 Å². The normalized spacial score (nSPS) is 11.4. The molecule has 2 heterocycles. The van der Waals surface area contributed by atoms with Crippen LogP contribution in [0.3, 0.4) is 0 Å². The number of pyridine rings is 1. The molecule has 0 aliphatic carbocycles. The summed E-state index contributed by atoms with van der Waals surface area (Å²) in [5, 5.41) is 0. The Labute approximate surface area is 173 Å². The third kappa shape index (κ3) is 5.08. The maximum absolute atomic E-state index is 12.7. The van der Waals surface area contributed by atoms with Gasteiger partial charge in [-0.2, -0.15) is 0 Å². The highest BCUT2D eigenvalue weighted by Crippen LogP contribution is 2.26. The average Bonchev–Trinajstić information content (AvgIpc) is 3.10. The molecule has 0 spiro atoms. The summed E-state index contributed by atoms with van der Waals surface area (Å²) < 4.78 is 2.11. The summed E-state index contributed by atoms with van der Waals surface area (Å²) in [4.78, 5) is 21.5. The largest absolute Gasteiger partial charge is 0.324 e. The van der Waals surface area contributed by atoms with Gasteiger partial charge in [0.2, 0.25) is 0 Å². The average molecular weight is 388 g/mol. The van der Waals surface area contributed by atoms with E-state index in [1.807, 2.05) is 42.7 Å². The summed E-state index contributed by atoms with van der Waals surface area (Å²) in [5.74, 6) is 1.14. The van der Waals surface area contributed by atoms with Crippen molar-refractivity contribution < 1.29 is 4.79 Å². The number of hydrogen-bond acceptors (Lipinski definition) is 3. The van der Waals surface area contributed by atoms with Gasteiger partial charge in [0.1, 0.15) is 11.6 Å². The molecule has 150 valence electrons. The highest BCUT2D eigenvalue weighted by Gasteiger charge is 2.19. The predicted octanol–water partition coefficient (Wildman–Crippen LogP) is 5.17. The second-order valence-electron chi connectivity index (χ2n) is 8.32. The van der Waals surface area contributed by atoms with Crippen molar-refractivity contribution in [2.45, 2.75) is 52.0 Å². The van der Waals surface area contributed by atoms with Crippen LogP contribution in [0.15, 0.2) is 67.6 Å². The zero-order valence-corrected chi connectivity index (χ0v) is 17.6. The van der Waals surface area contributed by atoms with Gasteiger partial charge in [-0.15, -0.1) is 6.58 Å². The Bertz CT molecular complexity index is 981. The number of aryl methyl sites for hydroxylation is 1. The molecule has 4 nitrogen and oxygen atoms in total. The number of ketones is 1. The zero-order chi connectivity index (χ0) is 20.9. The second kappa shape index (κ2) is 8.99. The third-order valence-electron chi connectivity index (χ3n) is 5.05. The SMILES string of the molecule is C=CCn1c(-c2cccnc2)cnc1CCC(=O)Cc1ccccc1C(C)(C)C. The minimum Gasteiger partial charge on any atom is -0.324 e. The molecular weight excluding hydrogens is 358 g/mol. The van der Waals surface area contributed by atoms with Crippen LogP contribution in [-0.4, -0.2) is 20.3 Å². The number of aromatic nitrogens is 3. The summed E-state index contributed by atoms with van der Waals surface area (Å²) in [6.07, 6.45) is 8.85. The molecular formula is C25H29N3O. The lowest BCUT2D eigenvalue weighted by Gasteiger charge is -2.22. The van der Waals surface area contributed by atoms with Gasteiger partial charge < -0.3 is 4.57 Å². The highest BCUT2D eigenvalue weighted by molar-refractivity contribution is 5.81. The van der Waals surface area contributed by atoms with E-state index in [1.165, 1.54) is 5.56 Å². The fourth-order valence-corrected chi connectivity index (χ4v) is 3.65. The van der Waals surface area contributed by atoms with E-state index in [0.29, 0.717) is 25.8 Å². The minimum absolute atomic E-state index is 0.0235. The molecule has 0 fully saturated rings. The first-order chi connectivity index (χ1) is 13.9. The molecule has 0 aliphatic rings. The fourth-order valence-electron chi connectivity index (χ4n) is 3.65. The van der Waals surface area contributed by atoms with Crippen LogP contribution in [0.1, 0.15) is 44.1 Å². The zero-order valence-electron chi connectivity index (χ0n) is 17.6. The molecule has 0 atom stereocenters. The van der Waals surface area contributed by atoms with E-state index in [4.69, 9.17) is 0 Å². The van der Waals surface area contributed by atoms with Gasteiger partial charge in [-0.3, -0.25) is 9.78 Å². The molecule has 4 heteroatoms. The topological polar surface area (TPSA) is 47.8 Å². The van der Waals surface area contributed by atoms with Crippen LogP contribution in [0.25, 0.3) is 11.3 Å². The third-order valence-corrected chi connectivity index (χ3v) is 5.05. The first-order valence-electron chi connectivity index (χ1n) is 10.1. The number of allylic oxidation sites excluding steroid dienone is 1. The summed E-state index contributed by atoms with van der Waals surface area (Å²) in [7, 11) is 0. The van der Waals surface area contributed by atoms with Crippen molar-refractivity contribution in [1.82, 2.24) is 14.5 Å². The van der Waals surface area contributed by atoms with E-state index in [-0.39, 0.29) is 11.2 Å². The smallest absolute Gasteiger partial charge is 0.137 e. The Hall–Kier alpha value is -3.01. The Morgan fingerprint density at radius 2 is 1.93 bits per heavy atom. The number of imidazole rings is 1. The van der Waals surface area contributed by atoms with Crippen molar-refractivity contribution >= 4 is 5.78 Å². The second-order valence-corrected chi connectivity index (χ2v) is 8.32. The van der Waals surface area contributed by atoms with Crippen LogP contribution >= 0.6 is 0 Å². The van der Waals surface area contributed by atoms with Gasteiger partial charge in [-0.1, -0.05) is 51.1 Å². The molecule has 0 radical (unpaired) electrons. The molecule has 3 rings (SSSR count). The molecule has 0 bridgehead atoms. The molecule has 3 aromatic rings. The van der Waals surface area contributed by atoms with Gasteiger partial charge >= 0.3 is 0 Å². The van der Waals surface area contributed by atoms with Crippen molar-refractivity contribution in [2.24, 2.45) is 0 Å². The van der Waals surface area contributed by atoms with E-state index in [1.54, 1.807) is 6.20 Å². The lowest BCUT2D eigenvalue weighted by Crippen LogP contribution is -2.16. The van der Waals surface area contributed by atoms with Crippen molar-refractivity contribution in [3.8, 4) is 11.3 Å². The number of benzene rings is 1. The Morgan fingerprint density at radius 1 is 1.14 bits per heavy atom. The van der Waals surface area contributed by atoms with Gasteiger partial charge in [-0.25, -0.2) is 4.98 Å². The molecule has 0 saturated carbocycles. The Morgan fingerprint density at radius 3 is 2.62 bits per heavy atom. The Kier molecular flexibility index (Phi) is 6.42. The first kappa shape index (κ1) is 20.7. The molecule has 0 N–H and O–H groups in total. The monoisotopic (exact) mass is 387 g/mol. The quantitative estimate of drug-likeness (QED) is 0.501. The van der Waals surface area contributed by atoms with Crippen molar-refractivity contribution in [1.29, 1.82) is 0 Å². The molecule has 29 heavy (non-hydrogen) atoms. The molecule has 0 amide bonds. The van der Waals surface area contributed by atoms with Crippen LogP contribution in [0.5, 0.6) is 0 Å². The molecule has 0 unspecified atom stereocenters. The van der Waals surface area contributed by atoms with Crippen molar-refractivity contribution in [2.75, 3.05) is 0 Å². The summed E-state index contributed by atoms with van der Waals surface area (Å²) in [6, 6.07) is 12.2.